The van der Waals surface area contributed by atoms with Crippen LogP contribution in [0.2, 0.25) is 0 Å². The second kappa shape index (κ2) is 14.4. The monoisotopic (exact) mass is 710 g/mol. The van der Waals surface area contributed by atoms with E-state index in [2.05, 4.69) is 124 Å². The molecule has 0 unspecified atom stereocenters. The van der Waals surface area contributed by atoms with Crippen LogP contribution < -0.4 is 0 Å². The highest BCUT2D eigenvalue weighted by Crippen LogP contribution is 2.40. The van der Waals surface area contributed by atoms with Gasteiger partial charge < -0.3 is 0 Å². The summed E-state index contributed by atoms with van der Waals surface area (Å²) in [5.41, 5.74) is 17.3. The first-order valence-corrected chi connectivity index (χ1v) is 19.2. The quantitative estimate of drug-likeness (QED) is 0.0940. The van der Waals surface area contributed by atoms with Gasteiger partial charge in [-0.3, -0.25) is 4.99 Å². The maximum Gasteiger partial charge on any atom is 0.0972 e. The molecule has 0 spiro atoms. The smallest absolute Gasteiger partial charge is 0.0972 e. The normalized spacial score (nSPS) is 14.4. The molecule has 0 saturated heterocycles. The lowest BCUT2D eigenvalue weighted by molar-refractivity contribution is 0.966. The molecule has 0 N–H and O–H groups in total. The van der Waals surface area contributed by atoms with E-state index in [1.54, 1.807) is 0 Å². The number of aliphatic imine (C=N–C) groups is 1. The molecule has 3 aromatic heterocycles. The molecule has 4 heteroatoms. The topological polar surface area (TPSA) is 51.0 Å². The van der Waals surface area contributed by atoms with Gasteiger partial charge in [-0.15, -0.1) is 0 Å². The van der Waals surface area contributed by atoms with Crippen molar-refractivity contribution in [3.63, 3.8) is 0 Å². The van der Waals surface area contributed by atoms with E-state index in [1.807, 2.05) is 43.5 Å². The zero-order chi connectivity index (χ0) is 37.5. The third kappa shape index (κ3) is 6.44. The summed E-state index contributed by atoms with van der Waals surface area (Å²) in [7, 11) is 0. The van der Waals surface area contributed by atoms with Crippen LogP contribution in [0.3, 0.4) is 0 Å². The van der Waals surface area contributed by atoms with Gasteiger partial charge in [-0.1, -0.05) is 115 Å². The summed E-state index contributed by atoms with van der Waals surface area (Å²) < 4.78 is 0. The van der Waals surface area contributed by atoms with Crippen LogP contribution in [0.15, 0.2) is 151 Å². The number of hydrogen-bond donors (Lipinski definition) is 0. The highest BCUT2D eigenvalue weighted by Gasteiger charge is 2.20. The molecule has 4 aromatic carbocycles. The second-order valence-corrected chi connectivity index (χ2v) is 14.7. The van der Waals surface area contributed by atoms with E-state index in [1.165, 1.54) is 38.6 Å². The fourth-order valence-corrected chi connectivity index (χ4v) is 8.10. The number of pyridine rings is 3. The molecule has 2 aliphatic carbocycles. The third-order valence-electron chi connectivity index (χ3n) is 11.1. The van der Waals surface area contributed by atoms with Gasteiger partial charge in [-0.05, 0) is 116 Å². The molecular formula is C51H42N4. The molecule has 9 rings (SSSR count). The van der Waals surface area contributed by atoms with Crippen molar-refractivity contribution in [3.8, 4) is 22.5 Å². The SMILES string of the molecule is C=C(/C=C\N=C(/C)c1cccc(-c2nc3c(c4c(C)c(C5=C(C)CCC=C5)ccc24)CCC=C3)c1)c1ccc2ccc3ccc(-c4ccccc4)nc3c2n1. The first-order chi connectivity index (χ1) is 26.9. The number of nitrogens with zero attached hydrogens (tertiary/aromatic N) is 4. The Hall–Kier alpha value is -6.52. The van der Waals surface area contributed by atoms with E-state index >= 15 is 0 Å². The molecule has 266 valence electrons. The summed E-state index contributed by atoms with van der Waals surface area (Å²) in [5.74, 6) is 0. The summed E-state index contributed by atoms with van der Waals surface area (Å²) in [6, 6.07) is 36.0. The Morgan fingerprint density at radius 3 is 2.31 bits per heavy atom. The van der Waals surface area contributed by atoms with Gasteiger partial charge in [0.15, 0.2) is 0 Å². The Morgan fingerprint density at radius 1 is 0.727 bits per heavy atom. The van der Waals surface area contributed by atoms with Crippen LogP contribution in [0, 0.1) is 6.92 Å². The predicted octanol–water partition coefficient (Wildman–Crippen LogP) is 13.1. The minimum Gasteiger partial charge on any atom is -0.261 e. The van der Waals surface area contributed by atoms with Crippen molar-refractivity contribution in [3.05, 3.63) is 179 Å². The number of allylic oxidation sites excluding steroid dienone is 7. The zero-order valence-corrected chi connectivity index (χ0v) is 31.6. The molecule has 0 aliphatic heterocycles. The average molecular weight is 711 g/mol. The Bertz CT molecular complexity index is 2850. The van der Waals surface area contributed by atoms with Crippen molar-refractivity contribution in [2.75, 3.05) is 0 Å². The summed E-state index contributed by atoms with van der Waals surface area (Å²) in [5, 5.41) is 4.65. The van der Waals surface area contributed by atoms with E-state index in [0.29, 0.717) is 0 Å². The van der Waals surface area contributed by atoms with Gasteiger partial charge in [0, 0.05) is 39.2 Å². The molecule has 0 atom stereocenters. The van der Waals surface area contributed by atoms with E-state index in [0.717, 1.165) is 98.2 Å². The molecule has 7 aromatic rings. The first-order valence-electron chi connectivity index (χ1n) is 19.2. The summed E-state index contributed by atoms with van der Waals surface area (Å²) >= 11 is 0. The van der Waals surface area contributed by atoms with Gasteiger partial charge in [0.05, 0.1) is 33.8 Å². The van der Waals surface area contributed by atoms with Gasteiger partial charge >= 0.3 is 0 Å². The van der Waals surface area contributed by atoms with Gasteiger partial charge in [-0.25, -0.2) is 15.0 Å². The summed E-state index contributed by atoms with van der Waals surface area (Å²) in [6.45, 7) is 11.0. The van der Waals surface area contributed by atoms with Crippen molar-refractivity contribution in [2.45, 2.75) is 46.5 Å². The number of aryl methyl sites for hydroxylation is 2. The molecule has 2 aliphatic rings. The van der Waals surface area contributed by atoms with Crippen LogP contribution in [0.25, 0.3) is 72.3 Å². The minimum atomic E-state index is 0.783. The highest BCUT2D eigenvalue weighted by molar-refractivity contribution is 6.06. The predicted molar refractivity (Wildman–Crippen MR) is 233 cm³/mol. The lowest BCUT2D eigenvalue weighted by atomic mass is 9.85. The fraction of sp³-hybridized carbons (Fsp3) is 0.137. The molecule has 0 bridgehead atoms. The second-order valence-electron chi connectivity index (χ2n) is 14.7. The maximum atomic E-state index is 5.30. The number of aromatic nitrogens is 3. The van der Waals surface area contributed by atoms with Crippen molar-refractivity contribution in [1.29, 1.82) is 0 Å². The Balaban J connectivity index is 1.03. The van der Waals surface area contributed by atoms with Crippen LogP contribution in [0.1, 0.15) is 66.8 Å². The van der Waals surface area contributed by atoms with Crippen LogP contribution in [0.4, 0.5) is 0 Å². The van der Waals surface area contributed by atoms with Crippen molar-refractivity contribution in [2.24, 2.45) is 4.99 Å². The van der Waals surface area contributed by atoms with E-state index in [-0.39, 0.29) is 0 Å². The molecule has 4 nitrogen and oxygen atoms in total. The molecule has 0 fully saturated rings. The molecule has 0 saturated carbocycles. The average Bonchev–Trinajstić information content (AvgIpc) is 3.23. The maximum absolute atomic E-state index is 5.30. The van der Waals surface area contributed by atoms with Crippen LogP contribution in [-0.2, 0) is 6.42 Å². The van der Waals surface area contributed by atoms with E-state index in [4.69, 9.17) is 19.9 Å². The number of rotatable bonds is 7. The van der Waals surface area contributed by atoms with Crippen LogP contribution >= 0.6 is 0 Å². The Morgan fingerprint density at radius 2 is 1.47 bits per heavy atom. The lowest BCUT2D eigenvalue weighted by Crippen LogP contribution is -2.05. The van der Waals surface area contributed by atoms with Gasteiger partial charge in [-0.2, -0.15) is 0 Å². The van der Waals surface area contributed by atoms with Crippen molar-refractivity contribution >= 4 is 55.5 Å². The van der Waals surface area contributed by atoms with Gasteiger partial charge in [0.2, 0.25) is 0 Å². The summed E-state index contributed by atoms with van der Waals surface area (Å²) in [4.78, 5) is 20.3. The van der Waals surface area contributed by atoms with Gasteiger partial charge in [0.25, 0.3) is 0 Å². The van der Waals surface area contributed by atoms with Crippen molar-refractivity contribution in [1.82, 2.24) is 15.0 Å². The van der Waals surface area contributed by atoms with Crippen molar-refractivity contribution < 1.29 is 0 Å². The number of hydrogen-bond acceptors (Lipinski definition) is 4. The largest absolute Gasteiger partial charge is 0.261 e. The van der Waals surface area contributed by atoms with Crippen LogP contribution in [-0.4, -0.2) is 20.7 Å². The minimum absolute atomic E-state index is 0.783. The molecule has 3 heterocycles. The molecule has 55 heavy (non-hydrogen) atoms. The number of benzene rings is 4. The standard InChI is InChI=1S/C51H42N4/c1-32-13-8-9-18-41(32)42-25-26-44-48(34(42)3)43-19-10-11-20-47(43)55-49(44)40-17-12-16-39(31-40)35(4)52-30-29-33(2)45-27-23-37-21-22-38-24-28-46(36-14-6-5-7-15-36)54-51(38)50(37)53-45/h5-7,9,11-12,14-18,20-31H,2,8,10,13,19H2,1,3-4H3/b30-29-,52-35+. The Labute approximate surface area is 322 Å². The fourth-order valence-electron chi connectivity index (χ4n) is 8.10. The van der Waals surface area contributed by atoms with Crippen LogP contribution in [0.5, 0.6) is 0 Å². The zero-order valence-electron chi connectivity index (χ0n) is 31.6. The van der Waals surface area contributed by atoms with E-state index < -0.39 is 0 Å². The Kier molecular flexibility index (Phi) is 8.95. The summed E-state index contributed by atoms with van der Waals surface area (Å²) in [6.07, 6.45) is 17.1. The molecule has 0 radical (unpaired) electrons. The lowest BCUT2D eigenvalue weighted by Gasteiger charge is -2.22. The van der Waals surface area contributed by atoms with E-state index in [9.17, 15) is 0 Å². The molecule has 0 amide bonds. The first kappa shape index (κ1) is 34.3. The number of fused-ring (bicyclic) bond motifs is 6. The third-order valence-corrected chi connectivity index (χ3v) is 11.1. The molecular weight excluding hydrogens is 669 g/mol. The highest BCUT2D eigenvalue weighted by atomic mass is 14.8. The van der Waals surface area contributed by atoms with Gasteiger partial charge in [0.1, 0.15) is 0 Å².